The summed E-state index contributed by atoms with van der Waals surface area (Å²) in [6, 6.07) is 8.39. The number of nitrogens with two attached hydrogens (primary N) is 1. The van der Waals surface area contributed by atoms with Crippen LogP contribution in [0.3, 0.4) is 0 Å². The average Bonchev–Trinajstić information content (AvgIpc) is 2.50. The lowest BCUT2D eigenvalue weighted by molar-refractivity contribution is 0.385. The van der Waals surface area contributed by atoms with Gasteiger partial charge in [-0.15, -0.1) is 0 Å². The molecule has 0 spiro atoms. The zero-order valence-electron chi connectivity index (χ0n) is 13.1. The molecule has 3 rings (SSSR count). The van der Waals surface area contributed by atoms with Crippen molar-refractivity contribution in [2.75, 3.05) is 0 Å². The first-order chi connectivity index (χ1) is 10.1. The zero-order valence-corrected chi connectivity index (χ0v) is 13.9. The van der Waals surface area contributed by atoms with Crippen molar-refractivity contribution in [3.63, 3.8) is 0 Å². The molecule has 1 fully saturated rings. The maximum absolute atomic E-state index is 13.1. The first-order valence-corrected chi connectivity index (χ1v) is 9.59. The van der Waals surface area contributed by atoms with Crippen molar-refractivity contribution in [3.05, 3.63) is 35.4 Å². The van der Waals surface area contributed by atoms with E-state index in [1.54, 1.807) is 0 Å². The molecule has 3 heteroatoms. The first-order valence-electron chi connectivity index (χ1n) is 8.31. The largest absolute Gasteiger partial charge is 0.323 e. The number of rotatable bonds is 2. The van der Waals surface area contributed by atoms with Gasteiger partial charge in [-0.2, -0.15) is 0 Å². The van der Waals surface area contributed by atoms with E-state index in [2.05, 4.69) is 38.1 Å². The predicted octanol–water partition coefficient (Wildman–Crippen LogP) is 3.89. The second-order valence-corrected chi connectivity index (χ2v) is 8.98. The van der Waals surface area contributed by atoms with Crippen LogP contribution < -0.4 is 5.73 Å². The van der Waals surface area contributed by atoms with E-state index < -0.39 is 10.8 Å². The third-order valence-corrected chi connectivity index (χ3v) is 7.56. The Balaban J connectivity index is 1.82. The van der Waals surface area contributed by atoms with Crippen molar-refractivity contribution < 1.29 is 4.21 Å². The Bertz CT molecular complexity index is 530. The molecule has 2 N–H and O–H groups in total. The summed E-state index contributed by atoms with van der Waals surface area (Å²) in [6.07, 6.45) is 5.73. The van der Waals surface area contributed by atoms with Gasteiger partial charge in [-0.3, -0.25) is 4.21 Å². The topological polar surface area (TPSA) is 43.1 Å². The Morgan fingerprint density at radius 2 is 1.81 bits per heavy atom. The van der Waals surface area contributed by atoms with Crippen LogP contribution in [0.4, 0.5) is 0 Å². The molecular formula is C18H27NOS. The van der Waals surface area contributed by atoms with Crippen LogP contribution in [-0.2, 0) is 10.8 Å². The molecule has 6 unspecified atom stereocenters. The van der Waals surface area contributed by atoms with E-state index in [0.29, 0.717) is 11.2 Å². The molecule has 0 bridgehead atoms. The summed E-state index contributed by atoms with van der Waals surface area (Å²) in [7, 11) is -0.797. The summed E-state index contributed by atoms with van der Waals surface area (Å²) < 4.78 is 13.1. The van der Waals surface area contributed by atoms with Gasteiger partial charge in [-0.05, 0) is 42.2 Å². The fraction of sp³-hybridized carbons (Fsp3) is 0.667. The lowest BCUT2D eigenvalue weighted by Gasteiger charge is -2.37. The van der Waals surface area contributed by atoms with Crippen LogP contribution in [0.25, 0.3) is 0 Å². The summed E-state index contributed by atoms with van der Waals surface area (Å²) in [5.41, 5.74) is 9.08. The Kier molecular flexibility index (Phi) is 4.51. The SMILES string of the molecule is CC1CCCC(S(=O)C2CC(C)c3ccccc3C2N)C1. The molecule has 6 atom stereocenters. The summed E-state index contributed by atoms with van der Waals surface area (Å²) in [4.78, 5) is 0. The molecule has 116 valence electrons. The number of hydrogen-bond acceptors (Lipinski definition) is 2. The quantitative estimate of drug-likeness (QED) is 0.901. The van der Waals surface area contributed by atoms with Gasteiger partial charge in [-0.1, -0.05) is 51.0 Å². The molecule has 1 aromatic rings. The summed E-state index contributed by atoms with van der Waals surface area (Å²) in [6.45, 7) is 4.54. The Morgan fingerprint density at radius 1 is 1.10 bits per heavy atom. The molecule has 21 heavy (non-hydrogen) atoms. The average molecular weight is 305 g/mol. The van der Waals surface area contributed by atoms with Crippen LogP contribution in [0.15, 0.2) is 24.3 Å². The second-order valence-electron chi connectivity index (χ2n) is 7.05. The van der Waals surface area contributed by atoms with Gasteiger partial charge in [0.1, 0.15) is 0 Å². The van der Waals surface area contributed by atoms with Crippen molar-refractivity contribution in [2.45, 2.75) is 68.4 Å². The van der Waals surface area contributed by atoms with Gasteiger partial charge < -0.3 is 5.73 Å². The van der Waals surface area contributed by atoms with E-state index in [1.165, 1.54) is 24.0 Å². The fourth-order valence-electron chi connectivity index (χ4n) is 4.16. The molecule has 0 aromatic heterocycles. The standard InChI is InChI=1S/C18H27NOS/c1-12-6-5-7-14(10-12)21(20)17-11-13(2)15-8-3-4-9-16(15)18(17)19/h3-4,8-9,12-14,17-18H,5-7,10-11,19H2,1-2H3. The summed E-state index contributed by atoms with van der Waals surface area (Å²) in [5.74, 6) is 1.19. The van der Waals surface area contributed by atoms with Crippen molar-refractivity contribution >= 4 is 10.8 Å². The zero-order chi connectivity index (χ0) is 15.0. The summed E-state index contributed by atoms with van der Waals surface area (Å²) in [5, 5.41) is 0.493. The normalized spacial score (nSPS) is 37.8. The first kappa shape index (κ1) is 15.2. The molecule has 0 aliphatic heterocycles. The van der Waals surface area contributed by atoms with Crippen LogP contribution in [0.5, 0.6) is 0 Å². The maximum atomic E-state index is 13.1. The minimum absolute atomic E-state index is 0.0598. The van der Waals surface area contributed by atoms with Crippen molar-refractivity contribution in [3.8, 4) is 0 Å². The Hall–Kier alpha value is -0.670. The highest BCUT2D eigenvalue weighted by molar-refractivity contribution is 7.86. The fourth-order valence-corrected chi connectivity index (χ4v) is 6.49. The molecule has 0 radical (unpaired) electrons. The summed E-state index contributed by atoms with van der Waals surface area (Å²) >= 11 is 0. The number of fused-ring (bicyclic) bond motifs is 1. The molecule has 2 nitrogen and oxygen atoms in total. The molecular weight excluding hydrogens is 278 g/mol. The smallest absolute Gasteiger partial charge is 0.0549 e. The van der Waals surface area contributed by atoms with Gasteiger partial charge in [0.2, 0.25) is 0 Å². The van der Waals surface area contributed by atoms with Crippen LogP contribution in [0.2, 0.25) is 0 Å². The van der Waals surface area contributed by atoms with Gasteiger partial charge in [-0.25, -0.2) is 0 Å². The Labute approximate surface area is 131 Å². The molecule has 0 amide bonds. The van der Waals surface area contributed by atoms with Crippen LogP contribution in [-0.4, -0.2) is 14.7 Å². The Morgan fingerprint density at radius 3 is 2.52 bits per heavy atom. The lowest BCUT2D eigenvalue weighted by atomic mass is 9.81. The highest BCUT2D eigenvalue weighted by atomic mass is 32.2. The van der Waals surface area contributed by atoms with E-state index in [0.717, 1.165) is 25.2 Å². The van der Waals surface area contributed by atoms with Gasteiger partial charge in [0.05, 0.1) is 5.25 Å². The molecule has 1 saturated carbocycles. The van der Waals surface area contributed by atoms with E-state index in [1.807, 2.05) is 0 Å². The highest BCUT2D eigenvalue weighted by Crippen LogP contribution is 2.40. The number of hydrogen-bond donors (Lipinski definition) is 1. The highest BCUT2D eigenvalue weighted by Gasteiger charge is 2.38. The molecule has 1 aromatic carbocycles. The van der Waals surface area contributed by atoms with Gasteiger partial charge in [0.15, 0.2) is 0 Å². The monoisotopic (exact) mass is 305 g/mol. The number of benzene rings is 1. The van der Waals surface area contributed by atoms with E-state index in [-0.39, 0.29) is 11.3 Å². The van der Waals surface area contributed by atoms with E-state index in [4.69, 9.17) is 5.73 Å². The van der Waals surface area contributed by atoms with E-state index >= 15 is 0 Å². The van der Waals surface area contributed by atoms with Gasteiger partial charge in [0, 0.05) is 22.1 Å². The van der Waals surface area contributed by atoms with Crippen molar-refractivity contribution in [2.24, 2.45) is 11.7 Å². The van der Waals surface area contributed by atoms with Gasteiger partial charge >= 0.3 is 0 Å². The lowest BCUT2D eigenvalue weighted by Crippen LogP contribution is -2.40. The second kappa shape index (κ2) is 6.21. The maximum Gasteiger partial charge on any atom is 0.0549 e. The third-order valence-electron chi connectivity index (χ3n) is 5.39. The minimum Gasteiger partial charge on any atom is -0.323 e. The van der Waals surface area contributed by atoms with Gasteiger partial charge in [0.25, 0.3) is 0 Å². The van der Waals surface area contributed by atoms with Crippen LogP contribution in [0, 0.1) is 5.92 Å². The van der Waals surface area contributed by atoms with Crippen molar-refractivity contribution in [1.29, 1.82) is 0 Å². The molecule has 2 aliphatic rings. The van der Waals surface area contributed by atoms with Crippen LogP contribution in [0.1, 0.15) is 69.0 Å². The van der Waals surface area contributed by atoms with Crippen LogP contribution >= 0.6 is 0 Å². The molecule has 0 saturated heterocycles. The third kappa shape index (κ3) is 2.95. The van der Waals surface area contributed by atoms with Crippen molar-refractivity contribution in [1.82, 2.24) is 0 Å². The molecule has 2 aliphatic carbocycles. The molecule has 0 heterocycles. The minimum atomic E-state index is -0.797. The van der Waals surface area contributed by atoms with E-state index in [9.17, 15) is 4.21 Å². The predicted molar refractivity (Wildman–Crippen MR) is 89.8 cm³/mol.